The molecule has 1 unspecified atom stereocenters. The number of hydrogen-bond donors (Lipinski definition) is 1. The topological polar surface area (TPSA) is 78.0 Å². The zero-order chi connectivity index (χ0) is 15.6. The van der Waals surface area contributed by atoms with Crippen molar-refractivity contribution in [3.8, 4) is 0 Å². The van der Waals surface area contributed by atoms with Crippen LogP contribution in [0.1, 0.15) is 32.0 Å². The highest BCUT2D eigenvalue weighted by Crippen LogP contribution is 2.25. The number of hydrogen-bond acceptors (Lipinski definition) is 4. The second kappa shape index (κ2) is 6.07. The molecule has 1 atom stereocenters. The second-order valence-corrected chi connectivity index (χ2v) is 7.38. The standard InChI is InChI=1S/C14H18ClN3O2S/c1-3-10(2)18-7-6-12(17-18)9-21(19,20)14-5-4-11(15)8-13(14)16/h4-8,10H,3,9,16H2,1-2H3. The van der Waals surface area contributed by atoms with E-state index in [1.807, 2.05) is 6.92 Å². The van der Waals surface area contributed by atoms with Crippen molar-refractivity contribution in [2.75, 3.05) is 5.73 Å². The Balaban J connectivity index is 2.27. The van der Waals surface area contributed by atoms with Gasteiger partial charge in [0.15, 0.2) is 9.84 Å². The lowest BCUT2D eigenvalue weighted by Gasteiger charge is -2.09. The van der Waals surface area contributed by atoms with Crippen LogP contribution in [0.3, 0.4) is 0 Å². The van der Waals surface area contributed by atoms with Gasteiger partial charge in [0, 0.05) is 17.3 Å². The van der Waals surface area contributed by atoms with Crippen LogP contribution in [0.25, 0.3) is 0 Å². The molecule has 21 heavy (non-hydrogen) atoms. The first-order chi connectivity index (χ1) is 9.83. The van der Waals surface area contributed by atoms with E-state index in [1.165, 1.54) is 18.2 Å². The highest BCUT2D eigenvalue weighted by atomic mass is 35.5. The van der Waals surface area contributed by atoms with Gasteiger partial charge < -0.3 is 5.73 Å². The Labute approximate surface area is 129 Å². The molecule has 1 aromatic heterocycles. The van der Waals surface area contributed by atoms with Gasteiger partial charge >= 0.3 is 0 Å². The summed E-state index contributed by atoms with van der Waals surface area (Å²) < 4.78 is 26.6. The van der Waals surface area contributed by atoms with E-state index in [1.54, 1.807) is 16.9 Å². The predicted octanol–water partition coefficient (Wildman–Crippen LogP) is 3.06. The zero-order valence-electron chi connectivity index (χ0n) is 12.0. The van der Waals surface area contributed by atoms with E-state index in [2.05, 4.69) is 12.0 Å². The lowest BCUT2D eigenvalue weighted by molar-refractivity contribution is 0.475. The summed E-state index contributed by atoms with van der Waals surface area (Å²) in [7, 11) is -3.54. The molecular formula is C14H18ClN3O2S. The molecule has 0 fully saturated rings. The van der Waals surface area contributed by atoms with Crippen LogP contribution in [0, 0.1) is 0 Å². The van der Waals surface area contributed by atoms with Gasteiger partial charge in [0.25, 0.3) is 0 Å². The van der Waals surface area contributed by atoms with Crippen molar-refractivity contribution in [1.82, 2.24) is 9.78 Å². The highest BCUT2D eigenvalue weighted by Gasteiger charge is 2.20. The van der Waals surface area contributed by atoms with Crippen molar-refractivity contribution in [3.05, 3.63) is 41.2 Å². The third-order valence-electron chi connectivity index (χ3n) is 3.35. The van der Waals surface area contributed by atoms with Gasteiger partial charge in [0.2, 0.25) is 0 Å². The Kier molecular flexibility index (Phi) is 4.58. The number of nitrogen functional groups attached to an aromatic ring is 1. The summed E-state index contributed by atoms with van der Waals surface area (Å²) in [6.45, 7) is 4.08. The van der Waals surface area contributed by atoms with E-state index in [9.17, 15) is 8.42 Å². The summed E-state index contributed by atoms with van der Waals surface area (Å²) in [6, 6.07) is 6.34. The smallest absolute Gasteiger partial charge is 0.186 e. The maximum absolute atomic E-state index is 12.4. The van der Waals surface area contributed by atoms with E-state index in [0.717, 1.165) is 6.42 Å². The van der Waals surface area contributed by atoms with Crippen molar-refractivity contribution in [2.24, 2.45) is 0 Å². The molecule has 0 bridgehead atoms. The molecule has 1 heterocycles. The third-order valence-corrected chi connectivity index (χ3v) is 5.30. The molecule has 0 aliphatic heterocycles. The van der Waals surface area contributed by atoms with Crippen molar-refractivity contribution in [3.63, 3.8) is 0 Å². The minimum Gasteiger partial charge on any atom is -0.398 e. The molecule has 0 amide bonds. The number of nitrogens with two attached hydrogens (primary N) is 1. The molecule has 114 valence electrons. The largest absolute Gasteiger partial charge is 0.398 e. The van der Waals surface area contributed by atoms with Crippen LogP contribution in [0.2, 0.25) is 5.02 Å². The van der Waals surface area contributed by atoms with Crippen LogP contribution in [0.15, 0.2) is 35.4 Å². The third kappa shape index (κ3) is 3.57. The molecule has 0 aliphatic rings. The molecule has 2 rings (SSSR count). The lowest BCUT2D eigenvalue weighted by atomic mass is 10.3. The molecule has 2 N–H and O–H groups in total. The molecule has 1 aromatic carbocycles. The van der Waals surface area contributed by atoms with Gasteiger partial charge in [-0.15, -0.1) is 0 Å². The average Bonchev–Trinajstić information content (AvgIpc) is 2.85. The van der Waals surface area contributed by atoms with Crippen LogP contribution < -0.4 is 5.73 Å². The van der Waals surface area contributed by atoms with Crippen LogP contribution in [0.5, 0.6) is 0 Å². The number of benzene rings is 1. The van der Waals surface area contributed by atoms with E-state index >= 15 is 0 Å². The number of nitrogens with zero attached hydrogens (tertiary/aromatic N) is 2. The predicted molar refractivity (Wildman–Crippen MR) is 84.0 cm³/mol. The molecule has 0 aliphatic carbocycles. The number of sulfone groups is 1. The quantitative estimate of drug-likeness (QED) is 0.856. The molecule has 0 saturated carbocycles. The summed E-state index contributed by atoms with van der Waals surface area (Å²) in [5.74, 6) is -0.178. The number of rotatable bonds is 5. The second-order valence-electron chi connectivity index (χ2n) is 4.99. The van der Waals surface area contributed by atoms with Crippen LogP contribution in [-0.2, 0) is 15.6 Å². The molecule has 0 saturated heterocycles. The van der Waals surface area contributed by atoms with Crippen LogP contribution in [0.4, 0.5) is 5.69 Å². The fraction of sp³-hybridized carbons (Fsp3) is 0.357. The Bertz CT molecular complexity index is 740. The first-order valence-electron chi connectivity index (χ1n) is 6.65. The molecular weight excluding hydrogens is 310 g/mol. The van der Waals surface area contributed by atoms with E-state index in [-0.39, 0.29) is 22.4 Å². The average molecular weight is 328 g/mol. The van der Waals surface area contributed by atoms with Gasteiger partial charge in [-0.05, 0) is 37.6 Å². The van der Waals surface area contributed by atoms with Crippen molar-refractivity contribution < 1.29 is 8.42 Å². The summed E-state index contributed by atoms with van der Waals surface area (Å²) >= 11 is 5.79. The number of anilines is 1. The maximum atomic E-state index is 12.4. The van der Waals surface area contributed by atoms with Gasteiger partial charge in [-0.2, -0.15) is 5.10 Å². The van der Waals surface area contributed by atoms with E-state index in [4.69, 9.17) is 17.3 Å². The highest BCUT2D eigenvalue weighted by molar-refractivity contribution is 7.90. The summed E-state index contributed by atoms with van der Waals surface area (Å²) in [6.07, 6.45) is 2.72. The van der Waals surface area contributed by atoms with E-state index < -0.39 is 9.84 Å². The molecule has 7 heteroatoms. The molecule has 2 aromatic rings. The summed E-state index contributed by atoms with van der Waals surface area (Å²) in [5, 5.41) is 4.72. The number of halogens is 1. The lowest BCUT2D eigenvalue weighted by Crippen LogP contribution is -2.10. The maximum Gasteiger partial charge on any atom is 0.186 e. The van der Waals surface area contributed by atoms with Crippen LogP contribution in [-0.4, -0.2) is 18.2 Å². The Morgan fingerprint density at radius 2 is 2.10 bits per heavy atom. The summed E-state index contributed by atoms with van der Waals surface area (Å²) in [4.78, 5) is 0.0880. The minimum absolute atomic E-state index is 0.0880. The first kappa shape index (κ1) is 15.9. The normalized spacial score (nSPS) is 13.3. The molecule has 5 nitrogen and oxygen atoms in total. The van der Waals surface area contributed by atoms with Gasteiger partial charge in [0.05, 0.1) is 22.0 Å². The van der Waals surface area contributed by atoms with Gasteiger partial charge in [-0.25, -0.2) is 8.42 Å². The van der Waals surface area contributed by atoms with Crippen molar-refractivity contribution in [1.29, 1.82) is 0 Å². The number of aromatic nitrogens is 2. The van der Waals surface area contributed by atoms with Crippen molar-refractivity contribution >= 4 is 27.1 Å². The zero-order valence-corrected chi connectivity index (χ0v) is 13.5. The first-order valence-corrected chi connectivity index (χ1v) is 8.68. The van der Waals surface area contributed by atoms with Gasteiger partial charge in [-0.3, -0.25) is 4.68 Å². The Hall–Kier alpha value is -1.53. The van der Waals surface area contributed by atoms with Crippen LogP contribution >= 0.6 is 11.6 Å². The Morgan fingerprint density at radius 3 is 2.71 bits per heavy atom. The molecule has 0 spiro atoms. The fourth-order valence-corrected chi connectivity index (χ4v) is 3.53. The van der Waals surface area contributed by atoms with E-state index in [0.29, 0.717) is 10.7 Å². The Morgan fingerprint density at radius 1 is 1.38 bits per heavy atom. The minimum atomic E-state index is -3.54. The van der Waals surface area contributed by atoms with Crippen molar-refractivity contribution in [2.45, 2.75) is 37.0 Å². The molecule has 0 radical (unpaired) electrons. The van der Waals surface area contributed by atoms with Gasteiger partial charge in [0.1, 0.15) is 0 Å². The monoisotopic (exact) mass is 327 g/mol. The van der Waals surface area contributed by atoms with Gasteiger partial charge in [-0.1, -0.05) is 18.5 Å². The summed E-state index contributed by atoms with van der Waals surface area (Å²) in [5.41, 5.74) is 6.41. The SMILES string of the molecule is CCC(C)n1ccc(CS(=O)(=O)c2ccc(Cl)cc2N)n1. The fourth-order valence-electron chi connectivity index (χ4n) is 1.96.